The van der Waals surface area contributed by atoms with Gasteiger partial charge in [0.15, 0.2) is 0 Å². The van der Waals surface area contributed by atoms with Gasteiger partial charge in [0.05, 0.1) is 23.3 Å². The summed E-state index contributed by atoms with van der Waals surface area (Å²) in [6.07, 6.45) is 0. The number of amides is 2. The fourth-order valence-corrected chi connectivity index (χ4v) is 4.34. The number of benzene rings is 2. The van der Waals surface area contributed by atoms with Gasteiger partial charge >= 0.3 is 0 Å². The van der Waals surface area contributed by atoms with Crippen molar-refractivity contribution in [2.24, 2.45) is 0 Å². The zero-order valence-corrected chi connectivity index (χ0v) is 17.3. The summed E-state index contributed by atoms with van der Waals surface area (Å²) < 4.78 is 5.41. The topological polar surface area (TPSA) is 46.6 Å². The Labute approximate surface area is 172 Å². The first-order valence-corrected chi connectivity index (χ1v) is 9.86. The van der Waals surface area contributed by atoms with Gasteiger partial charge in [0.25, 0.3) is 11.8 Å². The molecule has 0 atom stereocenters. The highest BCUT2D eigenvalue weighted by Gasteiger charge is 2.41. The Bertz CT molecular complexity index is 936. The first kappa shape index (κ1) is 19.8. The average molecular weight is 422 g/mol. The molecular formula is C20H17Cl2NO3S. The van der Waals surface area contributed by atoms with Crippen molar-refractivity contribution >= 4 is 58.0 Å². The maximum absolute atomic E-state index is 13.3. The maximum Gasteiger partial charge on any atom is 0.272 e. The number of para-hydroxylation sites is 1. The third-order valence-electron chi connectivity index (χ3n) is 3.88. The van der Waals surface area contributed by atoms with Crippen LogP contribution >= 0.6 is 35.0 Å². The van der Waals surface area contributed by atoms with Gasteiger partial charge in [-0.2, -0.15) is 0 Å². The molecule has 2 aromatic carbocycles. The molecule has 0 bridgehead atoms. The largest absolute Gasteiger partial charge is 0.496 e. The van der Waals surface area contributed by atoms with Crippen LogP contribution in [-0.2, 0) is 9.59 Å². The molecule has 0 saturated heterocycles. The normalized spacial score (nSPS) is 14.5. The van der Waals surface area contributed by atoms with Gasteiger partial charge in [0.2, 0.25) is 0 Å². The molecule has 0 aromatic heterocycles. The third-order valence-corrected chi connectivity index (χ3v) is 5.40. The van der Waals surface area contributed by atoms with Crippen molar-refractivity contribution in [1.29, 1.82) is 0 Å². The Morgan fingerprint density at radius 3 is 2.22 bits per heavy atom. The number of hydrogen-bond donors (Lipinski definition) is 0. The van der Waals surface area contributed by atoms with Crippen LogP contribution in [0.25, 0.3) is 5.57 Å². The molecule has 0 unspecified atom stereocenters. The van der Waals surface area contributed by atoms with E-state index in [2.05, 4.69) is 0 Å². The minimum Gasteiger partial charge on any atom is -0.496 e. The van der Waals surface area contributed by atoms with Gasteiger partial charge in [-0.15, -0.1) is 11.8 Å². The summed E-state index contributed by atoms with van der Waals surface area (Å²) in [5.74, 6) is -0.287. The fraction of sp³-hybridized carbons (Fsp3) is 0.200. The van der Waals surface area contributed by atoms with Crippen LogP contribution in [0.15, 0.2) is 47.4 Å². The van der Waals surface area contributed by atoms with Crippen molar-refractivity contribution in [3.05, 3.63) is 63.0 Å². The lowest BCUT2D eigenvalue weighted by Gasteiger charge is -2.16. The SMILES string of the molecule is COc1ccccc1C1=C(SC(C)C)C(=O)N(c2cc(Cl)cc(Cl)c2)C1=O. The molecule has 0 radical (unpaired) electrons. The predicted octanol–water partition coefficient (Wildman–Crippen LogP) is 5.43. The summed E-state index contributed by atoms with van der Waals surface area (Å²) in [7, 11) is 1.53. The molecular weight excluding hydrogens is 405 g/mol. The lowest BCUT2D eigenvalue weighted by molar-refractivity contribution is -0.119. The number of carbonyl (C=O) groups excluding carboxylic acids is 2. The Hall–Kier alpha value is -1.95. The summed E-state index contributed by atoms with van der Waals surface area (Å²) in [6.45, 7) is 3.93. The summed E-state index contributed by atoms with van der Waals surface area (Å²) in [6, 6.07) is 11.8. The standard InChI is InChI=1S/C20H17Cl2NO3S/c1-11(2)27-18-17(15-6-4-5-7-16(15)26-3)19(24)23(20(18)25)14-9-12(21)8-13(22)10-14/h4-11H,1-3H3. The van der Waals surface area contributed by atoms with Crippen LogP contribution in [0.3, 0.4) is 0 Å². The van der Waals surface area contributed by atoms with Gasteiger partial charge in [-0.05, 0) is 24.3 Å². The van der Waals surface area contributed by atoms with E-state index in [-0.39, 0.29) is 5.25 Å². The third kappa shape index (κ3) is 3.86. The summed E-state index contributed by atoms with van der Waals surface area (Å²) in [5, 5.41) is 0.813. The van der Waals surface area contributed by atoms with E-state index in [0.717, 1.165) is 4.90 Å². The highest BCUT2D eigenvalue weighted by Crippen LogP contribution is 2.43. The first-order valence-electron chi connectivity index (χ1n) is 8.22. The number of nitrogens with zero attached hydrogens (tertiary/aromatic N) is 1. The fourth-order valence-electron chi connectivity index (χ4n) is 2.85. The van der Waals surface area contributed by atoms with Gasteiger partial charge in [0.1, 0.15) is 5.75 Å². The molecule has 7 heteroatoms. The number of rotatable bonds is 5. The Kier molecular flexibility index (Phi) is 5.84. The monoisotopic (exact) mass is 421 g/mol. The number of carbonyl (C=O) groups is 2. The average Bonchev–Trinajstić information content (AvgIpc) is 2.83. The Morgan fingerprint density at radius 2 is 1.63 bits per heavy atom. The molecule has 1 heterocycles. The minimum atomic E-state index is -0.425. The van der Waals surface area contributed by atoms with Crippen LogP contribution in [0, 0.1) is 0 Å². The Balaban J connectivity index is 2.17. The van der Waals surface area contributed by atoms with E-state index in [1.165, 1.54) is 18.9 Å². The van der Waals surface area contributed by atoms with Gasteiger partial charge in [-0.3, -0.25) is 9.59 Å². The summed E-state index contributed by atoms with van der Waals surface area (Å²) >= 11 is 13.5. The molecule has 0 N–H and O–H groups in total. The predicted molar refractivity (Wildman–Crippen MR) is 112 cm³/mol. The Morgan fingerprint density at radius 1 is 1.00 bits per heavy atom. The summed E-state index contributed by atoms with van der Waals surface area (Å²) in [5.41, 5.74) is 1.25. The maximum atomic E-state index is 13.3. The molecule has 27 heavy (non-hydrogen) atoms. The second-order valence-electron chi connectivity index (χ2n) is 6.14. The number of ether oxygens (including phenoxy) is 1. The van der Waals surface area contributed by atoms with Crippen molar-refractivity contribution in [2.45, 2.75) is 19.1 Å². The minimum absolute atomic E-state index is 0.115. The van der Waals surface area contributed by atoms with Crippen molar-refractivity contribution in [1.82, 2.24) is 0 Å². The second kappa shape index (κ2) is 7.97. The van der Waals surface area contributed by atoms with E-state index in [0.29, 0.717) is 37.5 Å². The van der Waals surface area contributed by atoms with Crippen LogP contribution in [0.4, 0.5) is 5.69 Å². The molecule has 0 saturated carbocycles. The molecule has 1 aliphatic rings. The molecule has 1 aliphatic heterocycles. The van der Waals surface area contributed by atoms with Crippen LogP contribution in [0.2, 0.25) is 10.0 Å². The number of methoxy groups -OCH3 is 1. The van der Waals surface area contributed by atoms with Crippen LogP contribution < -0.4 is 9.64 Å². The van der Waals surface area contributed by atoms with E-state index >= 15 is 0 Å². The molecule has 0 aliphatic carbocycles. The number of anilines is 1. The smallest absolute Gasteiger partial charge is 0.272 e. The van der Waals surface area contributed by atoms with Crippen molar-refractivity contribution in [3.63, 3.8) is 0 Å². The van der Waals surface area contributed by atoms with Gasteiger partial charge < -0.3 is 4.74 Å². The first-order chi connectivity index (χ1) is 12.8. The van der Waals surface area contributed by atoms with Gasteiger partial charge in [0, 0.05) is 20.9 Å². The lowest BCUT2D eigenvalue weighted by Crippen LogP contribution is -2.31. The van der Waals surface area contributed by atoms with Crippen molar-refractivity contribution < 1.29 is 14.3 Å². The number of thioether (sulfide) groups is 1. The quantitative estimate of drug-likeness (QED) is 0.603. The lowest BCUT2D eigenvalue weighted by atomic mass is 10.0. The molecule has 2 aromatic rings. The van der Waals surface area contributed by atoms with Crippen molar-refractivity contribution in [3.8, 4) is 5.75 Å². The van der Waals surface area contributed by atoms with E-state index < -0.39 is 11.8 Å². The van der Waals surface area contributed by atoms with E-state index in [1.54, 1.807) is 36.4 Å². The molecule has 2 amide bonds. The van der Waals surface area contributed by atoms with E-state index in [4.69, 9.17) is 27.9 Å². The van der Waals surface area contributed by atoms with Gasteiger partial charge in [-0.1, -0.05) is 55.2 Å². The van der Waals surface area contributed by atoms with E-state index in [9.17, 15) is 9.59 Å². The molecule has 0 spiro atoms. The summed E-state index contributed by atoms with van der Waals surface area (Å²) in [4.78, 5) is 27.9. The highest BCUT2D eigenvalue weighted by molar-refractivity contribution is 8.04. The molecule has 140 valence electrons. The molecule has 0 fully saturated rings. The van der Waals surface area contributed by atoms with Crippen LogP contribution in [0.1, 0.15) is 19.4 Å². The number of hydrogen-bond acceptors (Lipinski definition) is 4. The van der Waals surface area contributed by atoms with E-state index in [1.807, 2.05) is 19.9 Å². The van der Waals surface area contributed by atoms with Gasteiger partial charge in [-0.25, -0.2) is 4.90 Å². The second-order valence-corrected chi connectivity index (χ2v) is 8.60. The zero-order chi connectivity index (χ0) is 19.7. The molecule has 3 rings (SSSR count). The molecule has 4 nitrogen and oxygen atoms in total. The highest BCUT2D eigenvalue weighted by atomic mass is 35.5. The number of imide groups is 1. The van der Waals surface area contributed by atoms with Crippen LogP contribution in [-0.4, -0.2) is 24.2 Å². The van der Waals surface area contributed by atoms with Crippen molar-refractivity contribution in [2.75, 3.05) is 12.0 Å². The zero-order valence-electron chi connectivity index (χ0n) is 15.0. The number of halogens is 2. The van der Waals surface area contributed by atoms with Crippen LogP contribution in [0.5, 0.6) is 5.75 Å².